The minimum absolute atomic E-state index is 0.0402. The van der Waals surface area contributed by atoms with Gasteiger partial charge in [0.2, 0.25) is 0 Å². The van der Waals surface area contributed by atoms with Gasteiger partial charge in [-0.25, -0.2) is 8.78 Å². The van der Waals surface area contributed by atoms with Gasteiger partial charge in [-0.15, -0.1) is 0 Å². The standard InChI is InChI=1S/C22H22F2O2/c1-14-2-7-20(24)19(10-14)17-11-22(26-13-17)9-8-16(12-25)21(22)15-3-5-18(23)6-4-15/h2-7,10-11,16,21,25H,8-9,12-13H2,1H3/t16-,21-,22-/m1/s1. The van der Waals surface area contributed by atoms with Gasteiger partial charge < -0.3 is 9.84 Å². The Balaban J connectivity index is 1.75. The first-order valence-corrected chi connectivity index (χ1v) is 9.01. The molecule has 0 bridgehead atoms. The van der Waals surface area contributed by atoms with Crippen molar-refractivity contribution in [2.24, 2.45) is 5.92 Å². The molecule has 2 aromatic rings. The molecule has 4 heteroatoms. The van der Waals surface area contributed by atoms with Gasteiger partial charge in [-0.3, -0.25) is 0 Å². The molecule has 1 saturated carbocycles. The number of aliphatic hydroxyl groups excluding tert-OH is 1. The lowest BCUT2D eigenvalue weighted by Gasteiger charge is -2.32. The molecule has 0 unspecified atom stereocenters. The third kappa shape index (κ3) is 2.87. The fraction of sp³-hybridized carbons (Fsp3) is 0.364. The molecule has 2 nitrogen and oxygen atoms in total. The van der Waals surface area contributed by atoms with Crippen LogP contribution in [0, 0.1) is 24.5 Å². The molecule has 2 aliphatic rings. The van der Waals surface area contributed by atoms with E-state index in [-0.39, 0.29) is 30.1 Å². The summed E-state index contributed by atoms with van der Waals surface area (Å²) >= 11 is 0. The summed E-state index contributed by atoms with van der Waals surface area (Å²) in [4.78, 5) is 0. The quantitative estimate of drug-likeness (QED) is 0.870. The fourth-order valence-corrected chi connectivity index (χ4v) is 4.51. The zero-order chi connectivity index (χ0) is 18.3. The van der Waals surface area contributed by atoms with Crippen molar-refractivity contribution >= 4 is 5.57 Å². The molecule has 2 aromatic carbocycles. The average molecular weight is 356 g/mol. The monoisotopic (exact) mass is 356 g/mol. The minimum Gasteiger partial charge on any atom is -0.396 e. The van der Waals surface area contributed by atoms with E-state index in [0.717, 1.165) is 29.5 Å². The SMILES string of the molecule is Cc1ccc(F)c(C2=C[C@@]3(CC[C@H](CO)[C@H]3c3ccc(F)cc3)OC2)c1. The smallest absolute Gasteiger partial charge is 0.130 e. The molecule has 4 rings (SSSR count). The van der Waals surface area contributed by atoms with Crippen LogP contribution in [0.1, 0.15) is 35.4 Å². The molecule has 0 aromatic heterocycles. The number of ether oxygens (including phenoxy) is 1. The van der Waals surface area contributed by atoms with Crippen molar-refractivity contribution in [3.8, 4) is 0 Å². The Labute approximate surface area is 152 Å². The Morgan fingerprint density at radius 2 is 1.92 bits per heavy atom. The van der Waals surface area contributed by atoms with Gasteiger partial charge in [0.05, 0.1) is 12.2 Å². The van der Waals surface area contributed by atoms with Crippen LogP contribution in [-0.4, -0.2) is 23.9 Å². The molecule has 26 heavy (non-hydrogen) atoms. The van der Waals surface area contributed by atoms with Crippen LogP contribution in [0.3, 0.4) is 0 Å². The van der Waals surface area contributed by atoms with Crippen molar-refractivity contribution < 1.29 is 18.6 Å². The van der Waals surface area contributed by atoms with Crippen LogP contribution in [0.5, 0.6) is 0 Å². The molecule has 0 amide bonds. The molecule has 136 valence electrons. The number of aliphatic hydroxyl groups is 1. The molecule has 3 atom stereocenters. The van der Waals surface area contributed by atoms with Crippen molar-refractivity contribution in [3.63, 3.8) is 0 Å². The second kappa shape index (κ2) is 6.60. The number of hydrogen-bond donors (Lipinski definition) is 1. The van der Waals surface area contributed by atoms with E-state index in [9.17, 15) is 13.9 Å². The lowest BCUT2D eigenvalue weighted by Crippen LogP contribution is -2.33. The van der Waals surface area contributed by atoms with Crippen LogP contribution in [0.25, 0.3) is 5.57 Å². The highest BCUT2D eigenvalue weighted by Crippen LogP contribution is 2.53. The largest absolute Gasteiger partial charge is 0.396 e. The Morgan fingerprint density at radius 3 is 2.65 bits per heavy atom. The summed E-state index contributed by atoms with van der Waals surface area (Å²) in [6.07, 6.45) is 3.62. The predicted molar refractivity (Wildman–Crippen MR) is 96.7 cm³/mol. The van der Waals surface area contributed by atoms with Gasteiger partial charge in [0.1, 0.15) is 11.6 Å². The van der Waals surface area contributed by atoms with Gasteiger partial charge in [-0.2, -0.15) is 0 Å². The van der Waals surface area contributed by atoms with E-state index in [1.54, 1.807) is 18.2 Å². The maximum absolute atomic E-state index is 14.3. The summed E-state index contributed by atoms with van der Waals surface area (Å²) in [5.41, 5.74) is 2.80. The number of rotatable bonds is 3. The van der Waals surface area contributed by atoms with E-state index < -0.39 is 5.60 Å². The highest BCUT2D eigenvalue weighted by Gasteiger charge is 2.51. The topological polar surface area (TPSA) is 29.5 Å². The van der Waals surface area contributed by atoms with Gasteiger partial charge >= 0.3 is 0 Å². The van der Waals surface area contributed by atoms with Gasteiger partial charge in [0, 0.05) is 18.1 Å². The lowest BCUT2D eigenvalue weighted by molar-refractivity contribution is 0.0106. The van der Waals surface area contributed by atoms with Crippen LogP contribution < -0.4 is 0 Å². The Hall–Kier alpha value is -2.04. The molecule has 1 spiro atoms. The summed E-state index contributed by atoms with van der Waals surface area (Å²) in [5.74, 6) is -0.568. The van der Waals surface area contributed by atoms with E-state index in [1.165, 1.54) is 18.2 Å². The third-order valence-corrected chi connectivity index (χ3v) is 5.75. The van der Waals surface area contributed by atoms with E-state index in [4.69, 9.17) is 4.74 Å². The van der Waals surface area contributed by atoms with Crippen LogP contribution >= 0.6 is 0 Å². The Bertz CT molecular complexity index is 844. The Kier molecular flexibility index (Phi) is 4.41. The average Bonchev–Trinajstić information content (AvgIpc) is 3.22. The molecular weight excluding hydrogens is 334 g/mol. The van der Waals surface area contributed by atoms with Crippen LogP contribution in [0.2, 0.25) is 0 Å². The predicted octanol–water partition coefficient (Wildman–Crippen LogP) is 4.61. The van der Waals surface area contributed by atoms with Crippen molar-refractivity contribution in [1.29, 1.82) is 0 Å². The van der Waals surface area contributed by atoms with Gasteiger partial charge in [-0.05, 0) is 67.2 Å². The third-order valence-electron chi connectivity index (χ3n) is 5.75. The van der Waals surface area contributed by atoms with E-state index in [0.29, 0.717) is 12.2 Å². The second-order valence-electron chi connectivity index (χ2n) is 7.41. The van der Waals surface area contributed by atoms with Crippen molar-refractivity contribution in [2.75, 3.05) is 13.2 Å². The van der Waals surface area contributed by atoms with Crippen LogP contribution in [0.15, 0.2) is 48.5 Å². The highest BCUT2D eigenvalue weighted by atomic mass is 19.1. The molecule has 1 heterocycles. The zero-order valence-corrected chi connectivity index (χ0v) is 14.7. The number of hydrogen-bond acceptors (Lipinski definition) is 2. The van der Waals surface area contributed by atoms with Crippen molar-refractivity contribution in [1.82, 2.24) is 0 Å². The van der Waals surface area contributed by atoms with E-state index >= 15 is 0 Å². The van der Waals surface area contributed by atoms with Crippen LogP contribution in [0.4, 0.5) is 8.78 Å². The molecule has 1 aliphatic heterocycles. The molecular formula is C22H22F2O2. The summed E-state index contributed by atoms with van der Waals surface area (Å²) in [6, 6.07) is 11.5. The van der Waals surface area contributed by atoms with E-state index in [2.05, 4.69) is 0 Å². The maximum Gasteiger partial charge on any atom is 0.130 e. The van der Waals surface area contributed by atoms with Crippen molar-refractivity contribution in [2.45, 2.75) is 31.3 Å². The number of aryl methyl sites for hydroxylation is 1. The highest BCUT2D eigenvalue weighted by molar-refractivity contribution is 5.71. The summed E-state index contributed by atoms with van der Waals surface area (Å²) < 4.78 is 33.9. The fourth-order valence-electron chi connectivity index (χ4n) is 4.51. The number of halogens is 2. The molecule has 1 N–H and O–H groups in total. The minimum atomic E-state index is -0.573. The normalized spacial score (nSPS) is 27.9. The van der Waals surface area contributed by atoms with Crippen LogP contribution in [-0.2, 0) is 4.74 Å². The van der Waals surface area contributed by atoms with Gasteiger partial charge in [-0.1, -0.05) is 23.8 Å². The summed E-state index contributed by atoms with van der Waals surface area (Å²) in [5, 5.41) is 9.85. The van der Waals surface area contributed by atoms with Gasteiger partial charge in [0.25, 0.3) is 0 Å². The zero-order valence-electron chi connectivity index (χ0n) is 14.7. The van der Waals surface area contributed by atoms with Crippen molar-refractivity contribution in [3.05, 3.63) is 76.9 Å². The lowest BCUT2D eigenvalue weighted by atomic mass is 9.80. The molecule has 1 fully saturated rings. The van der Waals surface area contributed by atoms with E-state index in [1.807, 2.05) is 19.1 Å². The molecule has 0 radical (unpaired) electrons. The summed E-state index contributed by atoms with van der Waals surface area (Å²) in [7, 11) is 0. The second-order valence-corrected chi connectivity index (χ2v) is 7.41. The molecule has 1 aliphatic carbocycles. The Morgan fingerprint density at radius 1 is 1.15 bits per heavy atom. The maximum atomic E-state index is 14.3. The first-order valence-electron chi connectivity index (χ1n) is 9.01. The first-order chi connectivity index (χ1) is 12.5. The summed E-state index contributed by atoms with van der Waals surface area (Å²) in [6.45, 7) is 2.33. The number of benzene rings is 2. The first kappa shape index (κ1) is 17.4. The molecule has 0 saturated heterocycles. The van der Waals surface area contributed by atoms with Gasteiger partial charge in [0.15, 0.2) is 0 Å².